The molecule has 0 spiro atoms. The molecular formula is C20H24F3N5O3S2. The summed E-state index contributed by atoms with van der Waals surface area (Å²) >= 11 is 1.07. The van der Waals surface area contributed by atoms with Crippen LogP contribution in [0.4, 0.5) is 24.0 Å². The highest BCUT2D eigenvalue weighted by atomic mass is 32.2. The van der Waals surface area contributed by atoms with Crippen LogP contribution in [0.5, 0.6) is 0 Å². The molecule has 0 unspecified atom stereocenters. The number of thiazole rings is 1. The molecule has 2 N–H and O–H groups in total. The summed E-state index contributed by atoms with van der Waals surface area (Å²) in [6.07, 6.45) is -2.73. The third kappa shape index (κ3) is 5.85. The number of aromatic nitrogens is 3. The lowest BCUT2D eigenvalue weighted by atomic mass is 9.89. The first-order valence-corrected chi connectivity index (χ1v) is 12.1. The number of anilines is 2. The molecule has 0 atom stereocenters. The van der Waals surface area contributed by atoms with Crippen molar-refractivity contribution in [3.05, 3.63) is 53.4 Å². The molecule has 0 saturated carbocycles. The molecule has 0 fully saturated rings. The molecule has 0 aliphatic heterocycles. The monoisotopic (exact) mass is 503 g/mol. The van der Waals surface area contributed by atoms with E-state index in [1.807, 2.05) is 0 Å². The maximum Gasteiger partial charge on any atom is 0.434 e. The van der Waals surface area contributed by atoms with E-state index >= 15 is 0 Å². The van der Waals surface area contributed by atoms with Crippen LogP contribution in [0.15, 0.2) is 42.0 Å². The zero-order valence-electron chi connectivity index (χ0n) is 17.8. The number of hydrogen-bond donors (Lipinski definition) is 2. The van der Waals surface area contributed by atoms with Crippen molar-refractivity contribution < 1.29 is 29.2 Å². The normalized spacial score (nSPS) is 12.4. The Morgan fingerprint density at radius 3 is 2.36 bits per heavy atom. The fraction of sp³-hybridized carbons (Fsp3) is 0.300. The maximum atomic E-state index is 12.9. The lowest BCUT2D eigenvalue weighted by Crippen LogP contribution is -2.35. The summed E-state index contributed by atoms with van der Waals surface area (Å²) in [7, 11) is -3.49. The highest BCUT2D eigenvalue weighted by molar-refractivity contribution is 7.92. The number of alkyl halides is 3. The van der Waals surface area contributed by atoms with Crippen LogP contribution in [0.1, 0.15) is 35.0 Å². The Bertz CT molecular complexity index is 1270. The quantitative estimate of drug-likeness (QED) is 0.479. The Morgan fingerprint density at radius 1 is 1.09 bits per heavy atom. The summed E-state index contributed by atoms with van der Waals surface area (Å²) in [5.74, 6) is -0.502. The van der Waals surface area contributed by atoms with Gasteiger partial charge in [0.05, 0.1) is 34.9 Å². The van der Waals surface area contributed by atoms with Crippen molar-refractivity contribution in [1.29, 1.82) is 0 Å². The van der Waals surface area contributed by atoms with Gasteiger partial charge in [0.1, 0.15) is 0 Å². The van der Waals surface area contributed by atoms with Crippen LogP contribution >= 0.6 is 11.3 Å². The number of sulfonamides is 1. The largest absolute Gasteiger partial charge is 0.434 e. The van der Waals surface area contributed by atoms with Crippen LogP contribution in [0.3, 0.4) is 0 Å². The smallest absolute Gasteiger partial charge is 0.325 e. The van der Waals surface area contributed by atoms with Gasteiger partial charge in [-0.15, -0.1) is 11.3 Å². The van der Waals surface area contributed by atoms with E-state index in [-0.39, 0.29) is 19.4 Å². The van der Waals surface area contributed by atoms with Gasteiger partial charge in [-0.2, -0.15) is 13.2 Å². The number of halogens is 3. The second kappa shape index (κ2) is 9.06. The summed E-state index contributed by atoms with van der Waals surface area (Å²) in [6.45, 7) is 4.78. The van der Waals surface area contributed by atoms with Gasteiger partial charge in [0.25, 0.3) is 0 Å². The predicted octanol–water partition coefficient (Wildman–Crippen LogP) is 4.79. The van der Waals surface area contributed by atoms with Gasteiger partial charge in [-0.1, -0.05) is 12.1 Å². The van der Waals surface area contributed by atoms with Crippen LogP contribution in [0.25, 0.3) is 11.3 Å². The second-order valence-corrected chi connectivity index (χ2v) is 10.4. The average Bonchev–Trinajstić information content (AvgIpc) is 3.22. The Labute approximate surface area is 195 Å². The standard InChI is InChI=1S/C20H20F3N5O3S2.2H2/c1-4-33(30,31)28-18-27-16(11-32-18)19(2,3)17(29)25-13-7-5-12(6-8-13)14-9-24-10-15(26-14)20(21,22)23;;/h5-11H,4H2,1-3H3,(H,25,29)(H,27,28);2*1H. The van der Waals surface area contributed by atoms with Gasteiger partial charge in [-0.25, -0.2) is 18.4 Å². The number of hydrogen-bond acceptors (Lipinski definition) is 7. The zero-order valence-corrected chi connectivity index (χ0v) is 19.4. The van der Waals surface area contributed by atoms with Gasteiger partial charge >= 0.3 is 6.18 Å². The van der Waals surface area contributed by atoms with E-state index < -0.39 is 33.2 Å². The molecule has 3 rings (SSSR count). The molecule has 0 radical (unpaired) electrons. The molecule has 180 valence electrons. The fourth-order valence-electron chi connectivity index (χ4n) is 2.58. The van der Waals surface area contributed by atoms with Crippen molar-refractivity contribution in [2.24, 2.45) is 0 Å². The predicted molar refractivity (Wildman–Crippen MR) is 124 cm³/mol. The Kier molecular flexibility index (Phi) is 6.75. The molecule has 3 aromatic rings. The molecule has 33 heavy (non-hydrogen) atoms. The molecule has 13 heteroatoms. The minimum Gasteiger partial charge on any atom is -0.325 e. The van der Waals surface area contributed by atoms with Crippen LogP contribution < -0.4 is 10.0 Å². The summed E-state index contributed by atoms with van der Waals surface area (Å²) < 4.78 is 64.3. The summed E-state index contributed by atoms with van der Waals surface area (Å²) in [6, 6.07) is 6.11. The van der Waals surface area contributed by atoms with Crippen LogP contribution in [-0.2, 0) is 26.4 Å². The molecule has 2 heterocycles. The van der Waals surface area contributed by atoms with Crippen LogP contribution in [-0.4, -0.2) is 35.0 Å². The Hall–Kier alpha value is -3.06. The maximum absolute atomic E-state index is 12.9. The third-order valence-corrected chi connectivity index (χ3v) is 6.85. The molecule has 1 aromatic carbocycles. The van der Waals surface area contributed by atoms with E-state index in [9.17, 15) is 26.4 Å². The number of amides is 1. The summed E-state index contributed by atoms with van der Waals surface area (Å²) in [5.41, 5.74) is -0.931. The zero-order chi connectivity index (χ0) is 24.4. The highest BCUT2D eigenvalue weighted by Crippen LogP contribution is 2.31. The van der Waals surface area contributed by atoms with Crippen LogP contribution in [0, 0.1) is 0 Å². The second-order valence-electron chi connectivity index (χ2n) is 7.49. The van der Waals surface area contributed by atoms with E-state index in [2.05, 4.69) is 25.0 Å². The number of nitrogens with zero attached hydrogens (tertiary/aromatic N) is 3. The van der Waals surface area contributed by atoms with E-state index in [0.29, 0.717) is 23.1 Å². The van der Waals surface area contributed by atoms with Gasteiger partial charge < -0.3 is 5.32 Å². The average molecular weight is 504 g/mol. The number of carbonyl (C=O) groups excluding carboxylic acids is 1. The number of rotatable bonds is 7. The van der Waals surface area contributed by atoms with E-state index in [1.54, 1.807) is 19.2 Å². The van der Waals surface area contributed by atoms with E-state index in [4.69, 9.17) is 0 Å². The topological polar surface area (TPSA) is 114 Å². The lowest BCUT2D eigenvalue weighted by Gasteiger charge is -2.21. The molecule has 0 aliphatic rings. The van der Waals surface area contributed by atoms with Gasteiger partial charge in [0.15, 0.2) is 10.8 Å². The van der Waals surface area contributed by atoms with Crippen molar-refractivity contribution in [3.63, 3.8) is 0 Å². The van der Waals surface area contributed by atoms with Gasteiger partial charge in [-0.3, -0.25) is 14.5 Å². The molecule has 0 aliphatic carbocycles. The van der Waals surface area contributed by atoms with E-state index in [0.717, 1.165) is 11.3 Å². The number of benzene rings is 1. The highest BCUT2D eigenvalue weighted by Gasteiger charge is 2.34. The molecule has 0 bridgehead atoms. The Balaban J connectivity index is 0.00000306. The van der Waals surface area contributed by atoms with Crippen molar-refractivity contribution in [2.75, 3.05) is 15.8 Å². The van der Waals surface area contributed by atoms with Gasteiger partial charge in [0.2, 0.25) is 15.9 Å². The van der Waals surface area contributed by atoms with Gasteiger partial charge in [-0.05, 0) is 32.9 Å². The number of nitrogens with one attached hydrogen (secondary N) is 2. The minimum absolute atomic E-state index is 0. The SMILES string of the molecule is CCS(=O)(=O)Nc1nc(C(C)(C)C(=O)Nc2ccc(-c3cncc(C(F)(F)F)n3)cc2)cs1.[HH].[HH]. The first-order chi connectivity index (χ1) is 15.3. The van der Waals surface area contributed by atoms with Crippen molar-refractivity contribution in [2.45, 2.75) is 32.4 Å². The van der Waals surface area contributed by atoms with Gasteiger partial charge in [0, 0.05) is 19.5 Å². The van der Waals surface area contributed by atoms with E-state index in [1.165, 1.54) is 37.4 Å². The van der Waals surface area contributed by atoms with Crippen molar-refractivity contribution in [1.82, 2.24) is 15.0 Å². The summed E-state index contributed by atoms with van der Waals surface area (Å²) in [4.78, 5) is 24.3. The van der Waals surface area contributed by atoms with Crippen molar-refractivity contribution >= 4 is 38.1 Å². The van der Waals surface area contributed by atoms with Crippen molar-refractivity contribution in [3.8, 4) is 11.3 Å². The molecule has 0 saturated heterocycles. The fourth-order valence-corrected chi connectivity index (χ4v) is 4.33. The van der Waals surface area contributed by atoms with Crippen LogP contribution in [0.2, 0.25) is 0 Å². The molecule has 8 nitrogen and oxygen atoms in total. The first kappa shape index (κ1) is 24.6. The minimum atomic E-state index is -4.60. The first-order valence-electron chi connectivity index (χ1n) is 9.59. The third-order valence-electron chi connectivity index (χ3n) is 4.70. The Morgan fingerprint density at radius 2 is 1.76 bits per heavy atom. The molecule has 1 amide bonds. The molecule has 2 aromatic heterocycles. The summed E-state index contributed by atoms with van der Waals surface area (Å²) in [5, 5.41) is 4.50. The lowest BCUT2D eigenvalue weighted by molar-refractivity contribution is -0.141. The molecular weight excluding hydrogens is 479 g/mol. The number of carbonyl (C=O) groups is 1.